The van der Waals surface area contributed by atoms with Gasteiger partial charge in [0.05, 0.1) is 0 Å². The van der Waals surface area contributed by atoms with Crippen molar-refractivity contribution in [1.82, 2.24) is 10.6 Å². The third-order valence-corrected chi connectivity index (χ3v) is 2.76. The molecule has 1 rings (SSSR count). The maximum atomic E-state index is 12.0. The molecule has 0 heterocycles. The van der Waals surface area contributed by atoms with Gasteiger partial charge in [0.25, 0.3) is 5.91 Å². The van der Waals surface area contributed by atoms with Crippen LogP contribution in [0.1, 0.15) is 28.8 Å². The van der Waals surface area contributed by atoms with Crippen LogP contribution in [-0.4, -0.2) is 37.1 Å². The zero-order chi connectivity index (χ0) is 14.1. The molecule has 0 saturated heterocycles. The largest absolute Gasteiger partial charge is 0.481 e. The van der Waals surface area contributed by atoms with E-state index < -0.39 is 5.97 Å². The summed E-state index contributed by atoms with van der Waals surface area (Å²) in [5.74, 6) is -0.985. The summed E-state index contributed by atoms with van der Waals surface area (Å²) >= 11 is 0. The number of benzene rings is 1. The molecule has 0 atom stereocenters. The van der Waals surface area contributed by atoms with Gasteiger partial charge in [-0.2, -0.15) is 0 Å². The minimum atomic E-state index is -0.844. The minimum Gasteiger partial charge on any atom is -0.481 e. The van der Waals surface area contributed by atoms with Gasteiger partial charge in [0.2, 0.25) is 0 Å². The van der Waals surface area contributed by atoms with E-state index in [1.54, 1.807) is 6.07 Å². The molecule has 0 bridgehead atoms. The molecule has 0 radical (unpaired) electrons. The highest BCUT2D eigenvalue weighted by atomic mass is 16.4. The molecule has 104 valence electrons. The van der Waals surface area contributed by atoms with E-state index in [0.717, 1.165) is 18.5 Å². The van der Waals surface area contributed by atoms with Crippen molar-refractivity contribution in [3.05, 3.63) is 35.4 Å². The van der Waals surface area contributed by atoms with Crippen LogP contribution in [0.4, 0.5) is 0 Å². The van der Waals surface area contributed by atoms with Crippen molar-refractivity contribution in [3.63, 3.8) is 0 Å². The van der Waals surface area contributed by atoms with Crippen LogP contribution < -0.4 is 10.6 Å². The normalized spacial score (nSPS) is 10.2. The lowest BCUT2D eigenvalue weighted by molar-refractivity contribution is -0.137. The number of hydrogen-bond donors (Lipinski definition) is 3. The fourth-order valence-corrected chi connectivity index (χ4v) is 1.76. The van der Waals surface area contributed by atoms with E-state index in [1.807, 2.05) is 25.2 Å². The van der Waals surface area contributed by atoms with Crippen LogP contribution >= 0.6 is 0 Å². The SMILES string of the molecule is CNCCc1ccccc1C(=O)NCCCC(=O)O. The Morgan fingerprint density at radius 2 is 1.95 bits per heavy atom. The number of carbonyl (C=O) groups excluding carboxylic acids is 1. The number of hydrogen-bond acceptors (Lipinski definition) is 3. The zero-order valence-corrected chi connectivity index (χ0v) is 11.1. The van der Waals surface area contributed by atoms with Gasteiger partial charge >= 0.3 is 5.97 Å². The highest BCUT2D eigenvalue weighted by Crippen LogP contribution is 2.09. The molecule has 0 aliphatic heterocycles. The van der Waals surface area contributed by atoms with Gasteiger partial charge in [-0.05, 0) is 38.1 Å². The third-order valence-electron chi connectivity index (χ3n) is 2.76. The maximum absolute atomic E-state index is 12.0. The van der Waals surface area contributed by atoms with Crippen molar-refractivity contribution in [2.75, 3.05) is 20.1 Å². The van der Waals surface area contributed by atoms with Gasteiger partial charge in [-0.15, -0.1) is 0 Å². The molecule has 5 heteroatoms. The molecule has 0 spiro atoms. The lowest BCUT2D eigenvalue weighted by Crippen LogP contribution is -2.26. The molecule has 0 aliphatic rings. The van der Waals surface area contributed by atoms with Crippen molar-refractivity contribution >= 4 is 11.9 Å². The van der Waals surface area contributed by atoms with E-state index in [-0.39, 0.29) is 12.3 Å². The predicted octanol–water partition coefficient (Wildman–Crippen LogP) is 1.04. The number of rotatable bonds is 8. The Kier molecular flexibility index (Phi) is 6.60. The number of carboxylic acids is 1. The van der Waals surface area contributed by atoms with Crippen LogP contribution in [0.3, 0.4) is 0 Å². The lowest BCUT2D eigenvalue weighted by Gasteiger charge is -2.09. The van der Waals surface area contributed by atoms with Gasteiger partial charge in [-0.3, -0.25) is 9.59 Å². The van der Waals surface area contributed by atoms with E-state index in [4.69, 9.17) is 5.11 Å². The van der Waals surface area contributed by atoms with Gasteiger partial charge in [-0.1, -0.05) is 18.2 Å². The van der Waals surface area contributed by atoms with Crippen molar-refractivity contribution in [1.29, 1.82) is 0 Å². The van der Waals surface area contributed by atoms with Crippen LogP contribution in [0.15, 0.2) is 24.3 Å². The first-order valence-corrected chi connectivity index (χ1v) is 6.37. The van der Waals surface area contributed by atoms with Gasteiger partial charge in [0, 0.05) is 18.5 Å². The van der Waals surface area contributed by atoms with Gasteiger partial charge in [0.15, 0.2) is 0 Å². The van der Waals surface area contributed by atoms with Crippen LogP contribution in [0.5, 0.6) is 0 Å². The molecule has 19 heavy (non-hydrogen) atoms. The fraction of sp³-hybridized carbons (Fsp3) is 0.429. The molecule has 0 saturated carbocycles. The molecule has 3 N–H and O–H groups in total. The van der Waals surface area contributed by atoms with Crippen LogP contribution in [-0.2, 0) is 11.2 Å². The number of amides is 1. The quantitative estimate of drug-likeness (QED) is 0.613. The van der Waals surface area contributed by atoms with Crippen LogP contribution in [0, 0.1) is 0 Å². The molecule has 0 aliphatic carbocycles. The minimum absolute atomic E-state index is 0.0711. The average molecular weight is 264 g/mol. The van der Waals surface area contributed by atoms with E-state index in [1.165, 1.54) is 0 Å². The van der Waals surface area contributed by atoms with Crippen LogP contribution in [0.2, 0.25) is 0 Å². The molecule has 0 fully saturated rings. The second-order valence-electron chi connectivity index (χ2n) is 4.26. The first-order valence-electron chi connectivity index (χ1n) is 6.37. The Balaban J connectivity index is 2.53. The molecule has 1 aromatic carbocycles. The van der Waals surface area contributed by atoms with Gasteiger partial charge < -0.3 is 15.7 Å². The van der Waals surface area contributed by atoms with Gasteiger partial charge in [-0.25, -0.2) is 0 Å². The molecule has 1 amide bonds. The second-order valence-corrected chi connectivity index (χ2v) is 4.26. The Hall–Kier alpha value is -1.88. The summed E-state index contributed by atoms with van der Waals surface area (Å²) in [7, 11) is 1.87. The molecule has 1 aromatic rings. The van der Waals surface area contributed by atoms with Crippen molar-refractivity contribution in [3.8, 4) is 0 Å². The Morgan fingerprint density at radius 1 is 1.21 bits per heavy atom. The zero-order valence-electron chi connectivity index (χ0n) is 11.1. The summed E-state index contributed by atoms with van der Waals surface area (Å²) in [5.41, 5.74) is 1.65. The second kappa shape index (κ2) is 8.26. The third kappa shape index (κ3) is 5.52. The van der Waals surface area contributed by atoms with E-state index in [2.05, 4.69) is 10.6 Å². The van der Waals surface area contributed by atoms with E-state index >= 15 is 0 Å². The number of carboxylic acid groups (broad SMARTS) is 1. The summed E-state index contributed by atoms with van der Waals surface area (Å²) in [6.07, 6.45) is 1.30. The number of carbonyl (C=O) groups is 2. The topological polar surface area (TPSA) is 78.4 Å². The number of aliphatic carboxylic acids is 1. The highest BCUT2D eigenvalue weighted by Gasteiger charge is 2.09. The highest BCUT2D eigenvalue weighted by molar-refractivity contribution is 5.95. The average Bonchev–Trinajstić information content (AvgIpc) is 2.41. The summed E-state index contributed by atoms with van der Waals surface area (Å²) in [4.78, 5) is 22.4. The van der Waals surface area contributed by atoms with Crippen molar-refractivity contribution < 1.29 is 14.7 Å². The Labute approximate surface area is 113 Å². The number of nitrogens with one attached hydrogen (secondary N) is 2. The van der Waals surface area contributed by atoms with E-state index in [0.29, 0.717) is 18.5 Å². The molecular weight excluding hydrogens is 244 g/mol. The Bertz CT molecular complexity index is 432. The molecule has 0 aromatic heterocycles. The van der Waals surface area contributed by atoms with Gasteiger partial charge in [0.1, 0.15) is 0 Å². The van der Waals surface area contributed by atoms with Crippen LogP contribution in [0.25, 0.3) is 0 Å². The maximum Gasteiger partial charge on any atom is 0.303 e. The monoisotopic (exact) mass is 264 g/mol. The first kappa shape index (κ1) is 15.2. The lowest BCUT2D eigenvalue weighted by atomic mass is 10.0. The predicted molar refractivity (Wildman–Crippen MR) is 73.3 cm³/mol. The molecule has 5 nitrogen and oxygen atoms in total. The molecule has 0 unspecified atom stereocenters. The standard InChI is InChI=1S/C14H20N2O3/c1-15-10-8-11-5-2-3-6-12(11)14(19)16-9-4-7-13(17)18/h2-3,5-6,15H,4,7-10H2,1H3,(H,16,19)(H,17,18). The number of likely N-dealkylation sites (N-methyl/N-ethyl adjacent to an activating group) is 1. The van der Waals surface area contributed by atoms with Crippen molar-refractivity contribution in [2.24, 2.45) is 0 Å². The summed E-state index contributed by atoms with van der Waals surface area (Å²) in [6, 6.07) is 7.46. The summed E-state index contributed by atoms with van der Waals surface area (Å²) in [5, 5.41) is 14.3. The summed E-state index contributed by atoms with van der Waals surface area (Å²) < 4.78 is 0. The molecular formula is C14H20N2O3. The summed E-state index contributed by atoms with van der Waals surface area (Å²) in [6.45, 7) is 1.19. The van der Waals surface area contributed by atoms with Crippen molar-refractivity contribution in [2.45, 2.75) is 19.3 Å². The fourth-order valence-electron chi connectivity index (χ4n) is 1.76. The smallest absolute Gasteiger partial charge is 0.303 e. The Morgan fingerprint density at radius 3 is 2.63 bits per heavy atom. The van der Waals surface area contributed by atoms with E-state index in [9.17, 15) is 9.59 Å². The first-order chi connectivity index (χ1) is 9.15.